The average Bonchev–Trinajstić information content (AvgIpc) is 3.15. The van der Waals surface area contributed by atoms with Gasteiger partial charge in [0.1, 0.15) is 0 Å². The van der Waals surface area contributed by atoms with E-state index < -0.39 is 0 Å². The van der Waals surface area contributed by atoms with Crippen LogP contribution in [0.1, 0.15) is 82.1 Å². The molecule has 0 aliphatic heterocycles. The number of benzene rings is 4. The summed E-state index contributed by atoms with van der Waals surface area (Å²) in [6.45, 7) is 17.1. The number of anilines is 4. The highest BCUT2D eigenvalue weighted by atomic mass is 15.1. The Balaban J connectivity index is 1.54. The highest BCUT2D eigenvalue weighted by Crippen LogP contribution is 2.46. The zero-order valence-corrected chi connectivity index (χ0v) is 31.0. The van der Waals surface area contributed by atoms with Crippen molar-refractivity contribution >= 4 is 22.7 Å². The first-order valence-corrected chi connectivity index (χ1v) is 18.2. The van der Waals surface area contributed by atoms with Crippen molar-refractivity contribution in [2.24, 2.45) is 0 Å². The second-order valence-corrected chi connectivity index (χ2v) is 13.6. The maximum absolute atomic E-state index is 4.49. The van der Waals surface area contributed by atoms with Gasteiger partial charge in [-0.25, -0.2) is 0 Å². The third-order valence-electron chi connectivity index (χ3n) is 9.98. The fraction of sp³-hybridized carbons (Fsp3) is 0.250. The molecule has 0 aromatic heterocycles. The van der Waals surface area contributed by atoms with Crippen LogP contribution in [0, 0.1) is 13.8 Å². The van der Waals surface area contributed by atoms with Gasteiger partial charge in [0.25, 0.3) is 0 Å². The molecule has 0 saturated heterocycles. The second kappa shape index (κ2) is 17.0. The van der Waals surface area contributed by atoms with Gasteiger partial charge in [-0.3, -0.25) is 0 Å². The van der Waals surface area contributed by atoms with E-state index in [0.717, 1.165) is 47.0 Å². The van der Waals surface area contributed by atoms with Gasteiger partial charge in [0.15, 0.2) is 0 Å². The quantitative estimate of drug-likeness (QED) is 0.140. The third kappa shape index (κ3) is 8.37. The van der Waals surface area contributed by atoms with E-state index in [4.69, 9.17) is 0 Å². The second-order valence-electron chi connectivity index (χ2n) is 13.6. The van der Waals surface area contributed by atoms with Crippen molar-refractivity contribution in [3.63, 3.8) is 0 Å². The highest BCUT2D eigenvalue weighted by Gasteiger charge is 2.36. The molecular formula is C48H54N2. The van der Waals surface area contributed by atoms with E-state index in [1.165, 1.54) is 47.1 Å². The lowest BCUT2D eigenvalue weighted by Crippen LogP contribution is -2.30. The molecule has 0 unspecified atom stereocenters. The Morgan fingerprint density at radius 3 is 1.48 bits per heavy atom. The van der Waals surface area contributed by atoms with Crippen molar-refractivity contribution in [2.45, 2.75) is 79.1 Å². The van der Waals surface area contributed by atoms with E-state index in [-0.39, 0.29) is 5.41 Å². The van der Waals surface area contributed by atoms with Crippen LogP contribution in [0.5, 0.6) is 0 Å². The Hall–Kier alpha value is -5.08. The Labute approximate surface area is 302 Å². The van der Waals surface area contributed by atoms with Gasteiger partial charge in [0, 0.05) is 39.6 Å². The zero-order chi connectivity index (χ0) is 35.5. The standard InChI is InChI=1S/C48H54N2/c1-8-11-16-43(15-9-2)50(46-29-20-39(6)21-30-46)47-33-25-42(26-34-47)48(35-13-12-14-36-48)41-23-31-45(32-24-41)49(40(7)22-17-37(4)10-3)44-27-18-38(5)19-28-44/h8-11,15-34H,7,12-14,35-36H2,1-6H3/b11-8+,15-9-,22-17-,37-10-,43-16+. The fourth-order valence-corrected chi connectivity index (χ4v) is 7.04. The zero-order valence-electron chi connectivity index (χ0n) is 31.0. The molecular weight excluding hydrogens is 605 g/mol. The number of aryl methyl sites for hydroxylation is 2. The molecule has 0 heterocycles. The van der Waals surface area contributed by atoms with Gasteiger partial charge in [-0.05, 0) is 132 Å². The molecule has 1 aliphatic carbocycles. The number of allylic oxidation sites excluding steroid dienone is 9. The van der Waals surface area contributed by atoms with Gasteiger partial charge >= 0.3 is 0 Å². The van der Waals surface area contributed by atoms with E-state index in [1.54, 1.807) is 0 Å². The first-order valence-electron chi connectivity index (χ1n) is 18.2. The molecule has 2 nitrogen and oxygen atoms in total. The third-order valence-corrected chi connectivity index (χ3v) is 9.98. The van der Waals surface area contributed by atoms with Gasteiger partial charge in [0.05, 0.1) is 0 Å². The van der Waals surface area contributed by atoms with Crippen LogP contribution in [0.15, 0.2) is 169 Å². The van der Waals surface area contributed by atoms with Crippen molar-refractivity contribution in [1.29, 1.82) is 0 Å². The summed E-state index contributed by atoms with van der Waals surface area (Å²) in [6, 6.07) is 36.2. The molecule has 0 bridgehead atoms. The fourth-order valence-electron chi connectivity index (χ4n) is 7.04. The van der Waals surface area contributed by atoms with Crippen LogP contribution in [-0.4, -0.2) is 0 Å². The van der Waals surface area contributed by atoms with Crippen molar-refractivity contribution in [2.75, 3.05) is 9.80 Å². The highest BCUT2D eigenvalue weighted by molar-refractivity contribution is 5.72. The smallest absolute Gasteiger partial charge is 0.0461 e. The maximum atomic E-state index is 4.49. The van der Waals surface area contributed by atoms with E-state index >= 15 is 0 Å². The van der Waals surface area contributed by atoms with E-state index in [0.29, 0.717) is 0 Å². The predicted molar refractivity (Wildman–Crippen MR) is 219 cm³/mol. The summed E-state index contributed by atoms with van der Waals surface area (Å²) in [7, 11) is 0. The van der Waals surface area contributed by atoms with Crippen LogP contribution in [-0.2, 0) is 5.41 Å². The first kappa shape index (κ1) is 36.2. The Bertz CT molecular complexity index is 1860. The molecule has 0 spiro atoms. The van der Waals surface area contributed by atoms with E-state index in [2.05, 4.69) is 204 Å². The van der Waals surface area contributed by atoms with Gasteiger partial charge in [-0.2, -0.15) is 0 Å². The Morgan fingerprint density at radius 2 is 1.04 bits per heavy atom. The Kier molecular flexibility index (Phi) is 12.3. The number of hydrogen-bond donors (Lipinski definition) is 0. The molecule has 0 radical (unpaired) electrons. The van der Waals surface area contributed by atoms with Gasteiger partial charge in [-0.1, -0.05) is 121 Å². The topological polar surface area (TPSA) is 6.48 Å². The summed E-state index contributed by atoms with van der Waals surface area (Å²) >= 11 is 0. The lowest BCUT2D eigenvalue weighted by Gasteiger charge is -2.39. The minimum Gasteiger partial charge on any atom is -0.311 e. The predicted octanol–water partition coefficient (Wildman–Crippen LogP) is 13.9. The maximum Gasteiger partial charge on any atom is 0.0461 e. The molecule has 5 rings (SSSR count). The van der Waals surface area contributed by atoms with E-state index in [9.17, 15) is 0 Å². The van der Waals surface area contributed by atoms with Crippen LogP contribution < -0.4 is 9.80 Å². The molecule has 0 amide bonds. The first-order chi connectivity index (χ1) is 24.3. The van der Waals surface area contributed by atoms with Crippen LogP contribution >= 0.6 is 0 Å². The van der Waals surface area contributed by atoms with Crippen LogP contribution in [0.2, 0.25) is 0 Å². The molecule has 2 heteroatoms. The lowest BCUT2D eigenvalue weighted by atomic mass is 9.65. The van der Waals surface area contributed by atoms with Gasteiger partial charge < -0.3 is 9.80 Å². The van der Waals surface area contributed by atoms with E-state index in [1.807, 2.05) is 0 Å². The van der Waals surface area contributed by atoms with Crippen LogP contribution in [0.25, 0.3) is 0 Å². The summed E-state index contributed by atoms with van der Waals surface area (Å²) in [6.07, 6.45) is 23.1. The number of rotatable bonds is 12. The summed E-state index contributed by atoms with van der Waals surface area (Å²) in [5.74, 6) is 0. The van der Waals surface area contributed by atoms with Crippen molar-refractivity contribution in [1.82, 2.24) is 0 Å². The minimum atomic E-state index is -0.0223. The molecule has 1 saturated carbocycles. The summed E-state index contributed by atoms with van der Waals surface area (Å²) in [5.41, 5.74) is 13.1. The number of nitrogens with zero attached hydrogens (tertiary/aromatic N) is 2. The van der Waals surface area contributed by atoms with Crippen LogP contribution in [0.3, 0.4) is 0 Å². The van der Waals surface area contributed by atoms with Gasteiger partial charge in [0.2, 0.25) is 0 Å². The van der Waals surface area contributed by atoms with Crippen LogP contribution in [0.4, 0.5) is 22.7 Å². The average molecular weight is 659 g/mol. The minimum absolute atomic E-state index is 0.0223. The summed E-state index contributed by atoms with van der Waals surface area (Å²) in [4.78, 5) is 4.61. The largest absolute Gasteiger partial charge is 0.311 e. The van der Waals surface area contributed by atoms with Crippen molar-refractivity contribution < 1.29 is 0 Å². The molecule has 1 fully saturated rings. The molecule has 256 valence electrons. The molecule has 4 aromatic rings. The number of hydrogen-bond acceptors (Lipinski definition) is 2. The molecule has 0 N–H and O–H groups in total. The lowest BCUT2D eigenvalue weighted by molar-refractivity contribution is 0.346. The van der Waals surface area contributed by atoms with Gasteiger partial charge in [-0.15, -0.1) is 0 Å². The molecule has 0 atom stereocenters. The SMILES string of the molecule is C=C(/C=C\C(C)=C/C)N(c1ccc(C)cc1)c1ccc(C2(c3ccc(N(C(/C=C\C)=C/C=C/C)c4ccc(C)cc4)cc3)CCCCC2)cc1. The molecule has 4 aromatic carbocycles. The van der Waals surface area contributed by atoms with Crippen molar-refractivity contribution in [3.8, 4) is 0 Å². The molecule has 1 aliphatic rings. The monoisotopic (exact) mass is 658 g/mol. The molecule has 50 heavy (non-hydrogen) atoms. The normalized spacial score (nSPS) is 15.2. The summed E-state index contributed by atoms with van der Waals surface area (Å²) in [5, 5.41) is 0. The Morgan fingerprint density at radius 1 is 0.580 bits per heavy atom. The summed E-state index contributed by atoms with van der Waals surface area (Å²) < 4.78 is 0. The van der Waals surface area contributed by atoms with Crippen molar-refractivity contribution in [3.05, 3.63) is 191 Å².